The summed E-state index contributed by atoms with van der Waals surface area (Å²) in [6, 6.07) is 11.7. The van der Waals surface area contributed by atoms with Crippen molar-refractivity contribution in [1.82, 2.24) is 10.3 Å². The van der Waals surface area contributed by atoms with E-state index in [-0.39, 0.29) is 5.91 Å². The van der Waals surface area contributed by atoms with Crippen molar-refractivity contribution >= 4 is 11.7 Å². The molecule has 1 heterocycles. The van der Waals surface area contributed by atoms with Gasteiger partial charge in [0.15, 0.2) is 0 Å². The molecule has 2 aromatic rings. The first-order chi connectivity index (χ1) is 11.1. The molecule has 0 radical (unpaired) electrons. The van der Waals surface area contributed by atoms with Crippen LogP contribution >= 0.6 is 0 Å². The number of nitrogens with one attached hydrogen (secondary N) is 2. The fourth-order valence-corrected chi connectivity index (χ4v) is 2.23. The monoisotopic (exact) mass is 313 g/mol. The van der Waals surface area contributed by atoms with Gasteiger partial charge in [0, 0.05) is 18.8 Å². The van der Waals surface area contributed by atoms with E-state index < -0.39 is 0 Å². The van der Waals surface area contributed by atoms with E-state index in [1.807, 2.05) is 44.2 Å². The van der Waals surface area contributed by atoms with Gasteiger partial charge in [-0.25, -0.2) is 4.98 Å². The lowest BCUT2D eigenvalue weighted by Gasteiger charge is -2.10. The predicted molar refractivity (Wildman–Crippen MR) is 92.0 cm³/mol. The largest absolute Gasteiger partial charge is 0.496 e. The summed E-state index contributed by atoms with van der Waals surface area (Å²) >= 11 is 0. The fraction of sp³-hybridized carbons (Fsp3) is 0.333. The molecule has 0 aliphatic carbocycles. The zero-order chi connectivity index (χ0) is 16.7. The van der Waals surface area contributed by atoms with Gasteiger partial charge in [0.05, 0.1) is 12.7 Å². The van der Waals surface area contributed by atoms with Gasteiger partial charge in [-0.2, -0.15) is 0 Å². The van der Waals surface area contributed by atoms with Crippen LogP contribution in [-0.4, -0.2) is 30.6 Å². The summed E-state index contributed by atoms with van der Waals surface area (Å²) in [7, 11) is 1.65. The molecular weight excluding hydrogens is 290 g/mol. The van der Waals surface area contributed by atoms with E-state index in [1.54, 1.807) is 19.4 Å². The number of rotatable bonds is 7. The number of ether oxygens (including phenoxy) is 1. The first kappa shape index (κ1) is 16.8. The van der Waals surface area contributed by atoms with Crippen LogP contribution in [0.2, 0.25) is 0 Å². The Morgan fingerprint density at radius 3 is 2.65 bits per heavy atom. The van der Waals surface area contributed by atoms with E-state index in [9.17, 15) is 4.79 Å². The molecule has 122 valence electrons. The van der Waals surface area contributed by atoms with Crippen LogP contribution in [0.5, 0.6) is 5.75 Å². The summed E-state index contributed by atoms with van der Waals surface area (Å²) in [5, 5.41) is 6.10. The molecule has 1 aromatic carbocycles. The minimum absolute atomic E-state index is 0.122. The van der Waals surface area contributed by atoms with E-state index in [1.165, 1.54) is 0 Å². The van der Waals surface area contributed by atoms with Crippen molar-refractivity contribution < 1.29 is 9.53 Å². The number of aromatic nitrogens is 1. The van der Waals surface area contributed by atoms with E-state index in [0.29, 0.717) is 18.2 Å². The molecule has 2 N–H and O–H groups in total. The fourth-order valence-electron chi connectivity index (χ4n) is 2.23. The number of nitrogens with zero attached hydrogens (tertiary/aromatic N) is 1. The highest BCUT2D eigenvalue weighted by Crippen LogP contribution is 2.17. The van der Waals surface area contributed by atoms with Gasteiger partial charge in [-0.05, 0) is 44.0 Å². The van der Waals surface area contributed by atoms with Crippen molar-refractivity contribution in [2.75, 3.05) is 19.0 Å². The molecule has 5 nitrogen and oxygen atoms in total. The van der Waals surface area contributed by atoms with Crippen LogP contribution in [0.1, 0.15) is 29.8 Å². The lowest BCUT2D eigenvalue weighted by atomic mass is 10.1. The second-order valence-electron chi connectivity index (χ2n) is 5.55. The van der Waals surface area contributed by atoms with Gasteiger partial charge in [-0.15, -0.1) is 0 Å². The quantitative estimate of drug-likeness (QED) is 0.825. The molecule has 0 aliphatic heterocycles. The van der Waals surface area contributed by atoms with Gasteiger partial charge >= 0.3 is 0 Å². The highest BCUT2D eigenvalue weighted by atomic mass is 16.5. The predicted octanol–water partition coefficient (Wildman–Crippen LogP) is 2.88. The normalized spacial score (nSPS) is 10.4. The summed E-state index contributed by atoms with van der Waals surface area (Å²) in [4.78, 5) is 16.4. The van der Waals surface area contributed by atoms with Crippen molar-refractivity contribution in [2.45, 2.75) is 26.3 Å². The molecule has 0 fully saturated rings. The molecule has 0 saturated carbocycles. The van der Waals surface area contributed by atoms with Crippen molar-refractivity contribution in [2.24, 2.45) is 0 Å². The van der Waals surface area contributed by atoms with Gasteiger partial charge in [-0.1, -0.05) is 18.2 Å². The maximum atomic E-state index is 12.1. The molecule has 1 amide bonds. The lowest BCUT2D eigenvalue weighted by Crippen LogP contribution is -2.26. The van der Waals surface area contributed by atoms with E-state index in [4.69, 9.17) is 4.74 Å². The van der Waals surface area contributed by atoms with Gasteiger partial charge in [-0.3, -0.25) is 4.79 Å². The van der Waals surface area contributed by atoms with Crippen molar-refractivity contribution in [3.63, 3.8) is 0 Å². The van der Waals surface area contributed by atoms with Crippen LogP contribution < -0.4 is 15.4 Å². The first-order valence-corrected chi connectivity index (χ1v) is 7.73. The zero-order valence-corrected chi connectivity index (χ0v) is 13.8. The van der Waals surface area contributed by atoms with Gasteiger partial charge in [0.1, 0.15) is 11.6 Å². The number of amides is 1. The van der Waals surface area contributed by atoms with Crippen LogP contribution in [0.3, 0.4) is 0 Å². The highest BCUT2D eigenvalue weighted by molar-refractivity contribution is 5.94. The standard InChI is InChI=1S/C18H23N3O2/c1-13(2)21-17-9-8-15(12-20-17)18(22)19-11-10-14-6-4-5-7-16(14)23-3/h4-9,12-13H,10-11H2,1-3H3,(H,19,22)(H,20,21). The van der Waals surface area contributed by atoms with Gasteiger partial charge in [0.25, 0.3) is 5.91 Å². The summed E-state index contributed by atoms with van der Waals surface area (Å²) in [6.07, 6.45) is 2.30. The molecule has 0 aliphatic rings. The summed E-state index contributed by atoms with van der Waals surface area (Å²) in [6.45, 7) is 4.63. The van der Waals surface area contributed by atoms with Crippen LogP contribution in [0.25, 0.3) is 0 Å². The topological polar surface area (TPSA) is 63.2 Å². The average molecular weight is 313 g/mol. The maximum Gasteiger partial charge on any atom is 0.252 e. The Balaban J connectivity index is 1.87. The lowest BCUT2D eigenvalue weighted by molar-refractivity contribution is 0.0953. The Kier molecular flexibility index (Phi) is 5.97. The number of pyridine rings is 1. The second kappa shape index (κ2) is 8.17. The first-order valence-electron chi connectivity index (χ1n) is 7.73. The van der Waals surface area contributed by atoms with Crippen LogP contribution in [0, 0.1) is 0 Å². The van der Waals surface area contributed by atoms with Crippen molar-refractivity contribution in [3.8, 4) is 5.75 Å². The molecular formula is C18H23N3O2. The third-order valence-electron chi connectivity index (χ3n) is 3.33. The Hall–Kier alpha value is -2.56. The Morgan fingerprint density at radius 1 is 1.22 bits per heavy atom. The number of carbonyl (C=O) groups excluding carboxylic acids is 1. The Morgan fingerprint density at radius 2 is 2.00 bits per heavy atom. The number of carbonyl (C=O) groups is 1. The minimum Gasteiger partial charge on any atom is -0.496 e. The Labute approximate surface area is 137 Å². The van der Waals surface area contributed by atoms with Crippen LogP contribution in [0.15, 0.2) is 42.6 Å². The molecule has 1 aromatic heterocycles. The maximum absolute atomic E-state index is 12.1. The number of hydrogen-bond acceptors (Lipinski definition) is 4. The number of anilines is 1. The summed E-state index contributed by atoms with van der Waals surface area (Å²) < 4.78 is 5.30. The van der Waals surface area contributed by atoms with Crippen LogP contribution in [0.4, 0.5) is 5.82 Å². The molecule has 0 atom stereocenters. The molecule has 0 saturated heterocycles. The van der Waals surface area contributed by atoms with E-state index >= 15 is 0 Å². The van der Waals surface area contributed by atoms with Crippen molar-refractivity contribution in [1.29, 1.82) is 0 Å². The van der Waals surface area contributed by atoms with E-state index in [0.717, 1.165) is 23.6 Å². The second-order valence-corrected chi connectivity index (χ2v) is 5.55. The minimum atomic E-state index is -0.122. The molecule has 5 heteroatoms. The third-order valence-corrected chi connectivity index (χ3v) is 3.33. The molecule has 0 bridgehead atoms. The zero-order valence-electron chi connectivity index (χ0n) is 13.8. The smallest absolute Gasteiger partial charge is 0.252 e. The molecule has 23 heavy (non-hydrogen) atoms. The summed E-state index contributed by atoms with van der Waals surface area (Å²) in [5.74, 6) is 1.49. The van der Waals surface area contributed by atoms with E-state index in [2.05, 4.69) is 15.6 Å². The number of methoxy groups -OCH3 is 1. The van der Waals surface area contributed by atoms with Gasteiger partial charge < -0.3 is 15.4 Å². The third kappa shape index (κ3) is 4.98. The number of hydrogen-bond donors (Lipinski definition) is 2. The van der Waals surface area contributed by atoms with Gasteiger partial charge in [0.2, 0.25) is 0 Å². The molecule has 0 spiro atoms. The van der Waals surface area contributed by atoms with Crippen LogP contribution in [-0.2, 0) is 6.42 Å². The highest BCUT2D eigenvalue weighted by Gasteiger charge is 2.07. The number of benzene rings is 1. The SMILES string of the molecule is COc1ccccc1CCNC(=O)c1ccc(NC(C)C)nc1. The Bertz CT molecular complexity index is 639. The molecule has 2 rings (SSSR count). The summed E-state index contributed by atoms with van der Waals surface area (Å²) in [5.41, 5.74) is 1.63. The number of para-hydroxylation sites is 1. The molecule has 0 unspecified atom stereocenters. The average Bonchev–Trinajstić information content (AvgIpc) is 2.55. The van der Waals surface area contributed by atoms with Crippen molar-refractivity contribution in [3.05, 3.63) is 53.7 Å².